The Morgan fingerprint density at radius 2 is 1.87 bits per heavy atom. The van der Waals surface area contributed by atoms with Crippen molar-refractivity contribution in [2.75, 3.05) is 0 Å². The maximum absolute atomic E-state index is 12.4. The van der Waals surface area contributed by atoms with Gasteiger partial charge in [-0.1, -0.05) is 18.1 Å². The fourth-order valence-corrected chi connectivity index (χ4v) is 0.960. The number of hydrogen-bond acceptors (Lipinski definition) is 1. The van der Waals surface area contributed by atoms with Gasteiger partial charge in [0.1, 0.15) is 0 Å². The second-order valence-electron chi connectivity index (χ2n) is 2.60. The van der Waals surface area contributed by atoms with E-state index in [1.54, 1.807) is 5.92 Å². The van der Waals surface area contributed by atoms with E-state index in [1.165, 1.54) is 12.1 Å². The third kappa shape index (κ3) is 3.02. The van der Waals surface area contributed by atoms with E-state index in [4.69, 9.17) is 5.11 Å². The van der Waals surface area contributed by atoms with Crippen LogP contribution in [0.25, 0.3) is 0 Å². The minimum atomic E-state index is -4.52. The van der Waals surface area contributed by atoms with Gasteiger partial charge in [0.2, 0.25) is 0 Å². The summed E-state index contributed by atoms with van der Waals surface area (Å²) in [5.74, 6) is 2.12. The van der Waals surface area contributed by atoms with Gasteiger partial charge in [-0.25, -0.2) is 4.79 Å². The Kier molecular flexibility index (Phi) is 3.00. The summed E-state index contributed by atoms with van der Waals surface area (Å²) in [6.45, 7) is 0. The molecule has 2 nitrogen and oxygen atoms in total. The lowest BCUT2D eigenvalue weighted by Crippen LogP contribution is -2.07. The Balaban J connectivity index is 3.21. The predicted molar refractivity (Wildman–Crippen MR) is 46.0 cm³/mol. The van der Waals surface area contributed by atoms with Crippen molar-refractivity contribution >= 4 is 5.97 Å². The van der Waals surface area contributed by atoms with Crippen LogP contribution in [-0.4, -0.2) is 11.1 Å². The standard InChI is InChI=1S/C10H5F3O2/c11-10(12,13)8-4-2-1-3-7(8)5-6-9(14)15/h1-4H,(H,14,15). The molecule has 0 aliphatic rings. The molecule has 1 aromatic rings. The van der Waals surface area contributed by atoms with Gasteiger partial charge in [-0.15, -0.1) is 0 Å². The molecule has 0 saturated carbocycles. The summed E-state index contributed by atoms with van der Waals surface area (Å²) < 4.78 is 37.1. The van der Waals surface area contributed by atoms with E-state index in [2.05, 4.69) is 0 Å². The quantitative estimate of drug-likeness (QED) is 0.672. The third-order valence-corrected chi connectivity index (χ3v) is 1.54. The zero-order valence-corrected chi connectivity index (χ0v) is 7.30. The van der Waals surface area contributed by atoms with Crippen LogP contribution >= 0.6 is 0 Å². The molecule has 78 valence electrons. The maximum Gasteiger partial charge on any atom is 0.417 e. The zero-order chi connectivity index (χ0) is 11.5. The fourth-order valence-electron chi connectivity index (χ4n) is 0.960. The zero-order valence-electron chi connectivity index (χ0n) is 7.30. The molecule has 0 unspecified atom stereocenters. The number of benzene rings is 1. The van der Waals surface area contributed by atoms with Gasteiger partial charge >= 0.3 is 12.1 Å². The smallest absolute Gasteiger partial charge is 0.417 e. The second kappa shape index (κ2) is 4.05. The van der Waals surface area contributed by atoms with Crippen LogP contribution in [-0.2, 0) is 11.0 Å². The lowest BCUT2D eigenvalue weighted by atomic mass is 10.1. The summed E-state index contributed by atoms with van der Waals surface area (Å²) in [4.78, 5) is 10.1. The van der Waals surface area contributed by atoms with E-state index >= 15 is 0 Å². The molecule has 0 bridgehead atoms. The summed E-state index contributed by atoms with van der Waals surface area (Å²) in [6.07, 6.45) is -4.52. The van der Waals surface area contributed by atoms with Crippen LogP contribution in [0.15, 0.2) is 24.3 Å². The van der Waals surface area contributed by atoms with E-state index in [-0.39, 0.29) is 5.56 Å². The summed E-state index contributed by atoms with van der Waals surface area (Å²) in [6, 6.07) is 4.56. The van der Waals surface area contributed by atoms with Gasteiger partial charge in [-0.3, -0.25) is 0 Å². The molecule has 0 saturated heterocycles. The first kappa shape index (κ1) is 11.1. The molecule has 0 atom stereocenters. The highest BCUT2D eigenvalue weighted by Crippen LogP contribution is 2.31. The number of carbonyl (C=O) groups is 1. The molecule has 0 aliphatic carbocycles. The first-order chi connectivity index (χ1) is 6.91. The van der Waals surface area contributed by atoms with Gasteiger partial charge in [0.15, 0.2) is 0 Å². The molecule has 1 aromatic carbocycles. The average molecular weight is 214 g/mol. The largest absolute Gasteiger partial charge is 0.472 e. The van der Waals surface area contributed by atoms with Crippen LogP contribution < -0.4 is 0 Å². The molecule has 1 N–H and O–H groups in total. The molecular weight excluding hydrogens is 209 g/mol. The van der Waals surface area contributed by atoms with Crippen LogP contribution in [0.4, 0.5) is 13.2 Å². The first-order valence-electron chi connectivity index (χ1n) is 3.82. The van der Waals surface area contributed by atoms with Crippen molar-refractivity contribution in [3.63, 3.8) is 0 Å². The van der Waals surface area contributed by atoms with Gasteiger partial charge in [-0.2, -0.15) is 13.2 Å². The predicted octanol–water partition coefficient (Wildman–Crippen LogP) is 2.14. The first-order valence-corrected chi connectivity index (χ1v) is 3.82. The number of hydrogen-bond donors (Lipinski definition) is 1. The molecule has 0 heterocycles. The number of carboxylic acid groups (broad SMARTS) is 1. The lowest BCUT2D eigenvalue weighted by molar-refractivity contribution is -0.138. The van der Waals surface area contributed by atoms with Crippen molar-refractivity contribution < 1.29 is 23.1 Å². The van der Waals surface area contributed by atoms with Crippen molar-refractivity contribution in [1.29, 1.82) is 0 Å². The highest BCUT2D eigenvalue weighted by atomic mass is 19.4. The highest BCUT2D eigenvalue weighted by Gasteiger charge is 2.32. The average Bonchev–Trinajstić information content (AvgIpc) is 2.13. The van der Waals surface area contributed by atoms with E-state index in [1.807, 2.05) is 5.92 Å². The number of aliphatic carboxylic acids is 1. The fraction of sp³-hybridized carbons (Fsp3) is 0.100. The minimum Gasteiger partial charge on any atom is -0.472 e. The summed E-state index contributed by atoms with van der Waals surface area (Å²) >= 11 is 0. The van der Waals surface area contributed by atoms with Crippen molar-refractivity contribution in [1.82, 2.24) is 0 Å². The number of halogens is 3. The highest BCUT2D eigenvalue weighted by molar-refractivity contribution is 5.87. The molecule has 0 aliphatic heterocycles. The van der Waals surface area contributed by atoms with Gasteiger partial charge in [0.05, 0.1) is 5.56 Å². The Hall–Kier alpha value is -1.96. The van der Waals surface area contributed by atoms with Crippen molar-refractivity contribution in [2.45, 2.75) is 6.18 Å². The number of carboxylic acids is 1. The van der Waals surface area contributed by atoms with Gasteiger partial charge in [-0.05, 0) is 12.1 Å². The second-order valence-corrected chi connectivity index (χ2v) is 2.60. The molecule has 15 heavy (non-hydrogen) atoms. The maximum atomic E-state index is 12.4. The van der Waals surface area contributed by atoms with E-state index < -0.39 is 17.7 Å². The van der Waals surface area contributed by atoms with Crippen LogP contribution in [0.3, 0.4) is 0 Å². The Morgan fingerprint density at radius 1 is 1.27 bits per heavy atom. The van der Waals surface area contributed by atoms with E-state index in [9.17, 15) is 18.0 Å². The van der Waals surface area contributed by atoms with Gasteiger partial charge in [0.25, 0.3) is 0 Å². The number of alkyl halides is 3. The molecule has 0 fully saturated rings. The van der Waals surface area contributed by atoms with E-state index in [0.29, 0.717) is 0 Å². The molecule has 5 heteroatoms. The van der Waals surface area contributed by atoms with Crippen LogP contribution in [0.2, 0.25) is 0 Å². The molecule has 0 amide bonds. The van der Waals surface area contributed by atoms with Crippen LogP contribution in [0.1, 0.15) is 11.1 Å². The van der Waals surface area contributed by atoms with Gasteiger partial charge < -0.3 is 5.11 Å². The molecular formula is C10H5F3O2. The summed E-state index contributed by atoms with van der Waals surface area (Å²) in [7, 11) is 0. The minimum absolute atomic E-state index is 0.340. The lowest BCUT2D eigenvalue weighted by Gasteiger charge is -2.07. The molecule has 0 radical (unpaired) electrons. The molecule has 0 spiro atoms. The summed E-state index contributed by atoms with van der Waals surface area (Å²) in [5, 5.41) is 8.21. The van der Waals surface area contributed by atoms with Crippen molar-refractivity contribution in [3.8, 4) is 11.8 Å². The topological polar surface area (TPSA) is 37.3 Å². The third-order valence-electron chi connectivity index (χ3n) is 1.54. The SMILES string of the molecule is O=C(O)C#Cc1ccccc1C(F)(F)F. The Labute approximate surface area is 83.3 Å². The molecule has 0 aromatic heterocycles. The van der Waals surface area contributed by atoms with Crippen molar-refractivity contribution in [2.24, 2.45) is 0 Å². The number of rotatable bonds is 0. The Bertz CT molecular complexity index is 438. The van der Waals surface area contributed by atoms with Crippen LogP contribution in [0, 0.1) is 11.8 Å². The Morgan fingerprint density at radius 3 is 2.40 bits per heavy atom. The van der Waals surface area contributed by atoms with Crippen molar-refractivity contribution in [3.05, 3.63) is 35.4 Å². The van der Waals surface area contributed by atoms with Gasteiger partial charge in [0, 0.05) is 11.5 Å². The van der Waals surface area contributed by atoms with E-state index in [0.717, 1.165) is 12.1 Å². The molecule has 1 rings (SSSR count). The normalized spacial score (nSPS) is 10.3. The monoisotopic (exact) mass is 214 g/mol. The van der Waals surface area contributed by atoms with Crippen LogP contribution in [0.5, 0.6) is 0 Å². The summed E-state index contributed by atoms with van der Waals surface area (Å²) in [5.41, 5.74) is -1.27.